The standard InChI is InChI=1S/C29H30N4O3/c34-28(23-10-4-5-11-26(23)32-22-8-2-1-3-9-22)30-16-15-21-19-31-25-14-13-20(18-24(21)25)27-12-6-7-17-33(27)29(35)36/h1-5,8-11,13-14,18-19,27,31-32H,6-7,12,15-17H2,(H,30,34)(H,35,36). The van der Waals surface area contributed by atoms with Crippen LogP contribution in [0.25, 0.3) is 10.9 Å². The van der Waals surface area contributed by atoms with Gasteiger partial charge in [0.25, 0.3) is 5.91 Å². The normalized spacial score (nSPS) is 15.6. The zero-order valence-corrected chi connectivity index (χ0v) is 20.0. The van der Waals surface area contributed by atoms with Crippen molar-refractivity contribution in [3.63, 3.8) is 0 Å². The van der Waals surface area contributed by atoms with Gasteiger partial charge in [0, 0.05) is 35.9 Å². The number of aromatic nitrogens is 1. The van der Waals surface area contributed by atoms with Gasteiger partial charge in [0.15, 0.2) is 0 Å². The smallest absolute Gasteiger partial charge is 0.407 e. The molecule has 0 saturated carbocycles. The predicted octanol–water partition coefficient (Wildman–Crippen LogP) is 6.09. The average Bonchev–Trinajstić information content (AvgIpc) is 3.31. The van der Waals surface area contributed by atoms with E-state index in [1.807, 2.05) is 72.9 Å². The molecule has 1 aromatic heterocycles. The molecule has 2 heterocycles. The fourth-order valence-corrected chi connectivity index (χ4v) is 4.99. The van der Waals surface area contributed by atoms with Crippen molar-refractivity contribution in [2.45, 2.75) is 31.7 Å². The number of nitrogens with one attached hydrogen (secondary N) is 3. The van der Waals surface area contributed by atoms with Crippen molar-refractivity contribution >= 4 is 34.3 Å². The quantitative estimate of drug-likeness (QED) is 0.256. The van der Waals surface area contributed by atoms with Crippen molar-refractivity contribution in [2.75, 3.05) is 18.4 Å². The van der Waals surface area contributed by atoms with Crippen LogP contribution in [0.3, 0.4) is 0 Å². The number of fused-ring (bicyclic) bond motifs is 1. The van der Waals surface area contributed by atoms with Crippen LogP contribution in [0.2, 0.25) is 0 Å². The molecule has 0 radical (unpaired) electrons. The molecule has 184 valence electrons. The minimum absolute atomic E-state index is 0.114. The zero-order valence-electron chi connectivity index (χ0n) is 20.0. The first-order valence-corrected chi connectivity index (χ1v) is 12.4. The second kappa shape index (κ2) is 10.6. The van der Waals surface area contributed by atoms with Crippen molar-refractivity contribution < 1.29 is 14.7 Å². The fourth-order valence-electron chi connectivity index (χ4n) is 4.99. The van der Waals surface area contributed by atoms with Gasteiger partial charge >= 0.3 is 6.09 Å². The van der Waals surface area contributed by atoms with Gasteiger partial charge in [-0.3, -0.25) is 4.79 Å². The van der Waals surface area contributed by atoms with Crippen LogP contribution in [0.4, 0.5) is 16.2 Å². The number of carbonyl (C=O) groups is 2. The molecular formula is C29H30N4O3. The van der Waals surface area contributed by atoms with Crippen LogP contribution in [-0.4, -0.2) is 40.1 Å². The Morgan fingerprint density at radius 3 is 2.64 bits per heavy atom. The molecule has 7 nitrogen and oxygen atoms in total. The summed E-state index contributed by atoms with van der Waals surface area (Å²) in [7, 11) is 0. The van der Waals surface area contributed by atoms with E-state index in [0.717, 1.165) is 52.7 Å². The molecule has 3 aromatic carbocycles. The first-order chi connectivity index (χ1) is 17.6. The summed E-state index contributed by atoms with van der Waals surface area (Å²) >= 11 is 0. The van der Waals surface area contributed by atoms with Crippen LogP contribution in [0.15, 0.2) is 79.0 Å². The van der Waals surface area contributed by atoms with E-state index in [1.54, 1.807) is 4.90 Å². The predicted molar refractivity (Wildman–Crippen MR) is 142 cm³/mol. The number of carbonyl (C=O) groups excluding carboxylic acids is 1. The molecule has 0 aliphatic carbocycles. The average molecular weight is 483 g/mol. The Hall–Kier alpha value is -4.26. The van der Waals surface area contributed by atoms with Crippen molar-refractivity contribution in [2.24, 2.45) is 0 Å². The minimum atomic E-state index is -0.862. The van der Waals surface area contributed by atoms with Crippen molar-refractivity contribution in [1.29, 1.82) is 0 Å². The van der Waals surface area contributed by atoms with E-state index in [4.69, 9.17) is 0 Å². The lowest BCUT2D eigenvalue weighted by molar-refractivity contribution is 0.0954. The third-order valence-corrected chi connectivity index (χ3v) is 6.83. The monoisotopic (exact) mass is 482 g/mol. The number of para-hydroxylation sites is 2. The summed E-state index contributed by atoms with van der Waals surface area (Å²) in [6.07, 6.45) is 4.55. The Labute approximate surface area is 210 Å². The number of piperidine rings is 1. The Morgan fingerprint density at radius 2 is 1.81 bits per heavy atom. The first kappa shape index (κ1) is 23.5. The maximum atomic E-state index is 13.0. The molecule has 1 fully saturated rings. The second-order valence-electron chi connectivity index (χ2n) is 9.15. The van der Waals surface area contributed by atoms with E-state index in [1.165, 1.54) is 0 Å². The molecule has 36 heavy (non-hydrogen) atoms. The van der Waals surface area contributed by atoms with Crippen LogP contribution in [0.1, 0.15) is 46.8 Å². The van der Waals surface area contributed by atoms with Crippen molar-refractivity contribution in [3.8, 4) is 0 Å². The van der Waals surface area contributed by atoms with Crippen LogP contribution in [0.5, 0.6) is 0 Å². The first-order valence-electron chi connectivity index (χ1n) is 12.4. The number of amides is 2. The summed E-state index contributed by atoms with van der Waals surface area (Å²) in [5.41, 5.74) is 5.40. The van der Waals surface area contributed by atoms with Crippen molar-refractivity contribution in [3.05, 3.63) is 95.7 Å². The Balaban J connectivity index is 1.27. The van der Waals surface area contributed by atoms with E-state index in [0.29, 0.717) is 25.1 Å². The maximum absolute atomic E-state index is 13.0. The Morgan fingerprint density at radius 1 is 1.00 bits per heavy atom. The third kappa shape index (κ3) is 5.05. The highest BCUT2D eigenvalue weighted by atomic mass is 16.4. The summed E-state index contributed by atoms with van der Waals surface area (Å²) in [4.78, 5) is 29.6. The second-order valence-corrected chi connectivity index (χ2v) is 9.15. The largest absolute Gasteiger partial charge is 0.465 e. The summed E-state index contributed by atoms with van der Waals surface area (Å²) in [5.74, 6) is -0.131. The van der Waals surface area contributed by atoms with Gasteiger partial charge in [0.2, 0.25) is 0 Å². The molecular weight excluding hydrogens is 452 g/mol. The van der Waals surface area contributed by atoms with Gasteiger partial charge in [-0.25, -0.2) is 4.79 Å². The van der Waals surface area contributed by atoms with Crippen LogP contribution in [-0.2, 0) is 6.42 Å². The van der Waals surface area contributed by atoms with E-state index in [9.17, 15) is 14.7 Å². The molecule has 1 atom stereocenters. The minimum Gasteiger partial charge on any atom is -0.465 e. The zero-order chi connectivity index (χ0) is 24.9. The number of carboxylic acid groups (broad SMARTS) is 1. The van der Waals surface area contributed by atoms with Gasteiger partial charge in [-0.2, -0.15) is 0 Å². The lowest BCUT2D eigenvalue weighted by Gasteiger charge is -2.33. The fraction of sp³-hybridized carbons (Fsp3) is 0.241. The molecule has 5 rings (SSSR count). The highest BCUT2D eigenvalue weighted by Crippen LogP contribution is 2.33. The van der Waals surface area contributed by atoms with E-state index in [-0.39, 0.29) is 11.9 Å². The SMILES string of the molecule is O=C(NCCc1c[nH]c2ccc(C3CCCCN3C(=O)O)cc12)c1ccccc1Nc1ccccc1. The third-order valence-electron chi connectivity index (χ3n) is 6.83. The lowest BCUT2D eigenvalue weighted by Crippen LogP contribution is -2.37. The van der Waals surface area contributed by atoms with E-state index < -0.39 is 6.09 Å². The molecule has 1 unspecified atom stereocenters. The highest BCUT2D eigenvalue weighted by molar-refractivity contribution is 6.00. The number of anilines is 2. The van der Waals surface area contributed by atoms with Gasteiger partial charge in [0.1, 0.15) is 0 Å². The van der Waals surface area contributed by atoms with Gasteiger partial charge < -0.3 is 25.6 Å². The molecule has 1 saturated heterocycles. The van der Waals surface area contributed by atoms with E-state index >= 15 is 0 Å². The topological polar surface area (TPSA) is 97.5 Å². The number of H-pyrrole nitrogens is 1. The van der Waals surface area contributed by atoms with Crippen LogP contribution in [0, 0.1) is 0 Å². The lowest BCUT2D eigenvalue weighted by atomic mass is 9.94. The number of hydrogen-bond acceptors (Lipinski definition) is 3. The van der Waals surface area contributed by atoms with Crippen LogP contribution < -0.4 is 10.6 Å². The summed E-state index contributed by atoms with van der Waals surface area (Å²) < 4.78 is 0. The number of hydrogen-bond donors (Lipinski definition) is 4. The molecule has 4 aromatic rings. The number of aromatic amines is 1. The van der Waals surface area contributed by atoms with Crippen LogP contribution >= 0.6 is 0 Å². The summed E-state index contributed by atoms with van der Waals surface area (Å²) in [5, 5.41) is 17.1. The number of rotatable bonds is 7. The molecule has 2 amide bonds. The molecule has 4 N–H and O–H groups in total. The van der Waals surface area contributed by atoms with Gasteiger partial charge in [-0.1, -0.05) is 36.4 Å². The Bertz CT molecular complexity index is 1370. The van der Waals surface area contributed by atoms with Gasteiger partial charge in [0.05, 0.1) is 17.3 Å². The highest BCUT2D eigenvalue weighted by Gasteiger charge is 2.28. The summed E-state index contributed by atoms with van der Waals surface area (Å²) in [6, 6.07) is 23.3. The molecule has 7 heteroatoms. The summed E-state index contributed by atoms with van der Waals surface area (Å²) in [6.45, 7) is 1.06. The maximum Gasteiger partial charge on any atom is 0.407 e. The molecule has 0 bridgehead atoms. The van der Waals surface area contributed by atoms with Gasteiger partial charge in [-0.15, -0.1) is 0 Å². The molecule has 1 aliphatic heterocycles. The Kier molecular flexibility index (Phi) is 6.89. The number of benzene rings is 3. The number of nitrogens with zero attached hydrogens (tertiary/aromatic N) is 1. The molecule has 0 spiro atoms. The van der Waals surface area contributed by atoms with Crippen molar-refractivity contribution in [1.82, 2.24) is 15.2 Å². The molecule has 1 aliphatic rings. The van der Waals surface area contributed by atoms with E-state index in [2.05, 4.69) is 21.7 Å². The number of likely N-dealkylation sites (tertiary alicyclic amines) is 1. The van der Waals surface area contributed by atoms with Gasteiger partial charge in [-0.05, 0) is 73.2 Å².